The third kappa shape index (κ3) is 6.22. The molecule has 0 aromatic carbocycles. The third-order valence-corrected chi connectivity index (χ3v) is 5.88. The van der Waals surface area contributed by atoms with Gasteiger partial charge in [-0.05, 0) is 46.1 Å². The zero-order valence-electron chi connectivity index (χ0n) is 14.1. The molecular formula is C15H33N3O2S. The largest absolute Gasteiger partial charge is 0.315 e. The summed E-state index contributed by atoms with van der Waals surface area (Å²) in [5.41, 5.74) is -0.383. The summed E-state index contributed by atoms with van der Waals surface area (Å²) in [6.45, 7) is 10.5. The van der Waals surface area contributed by atoms with Crippen molar-refractivity contribution in [2.24, 2.45) is 0 Å². The van der Waals surface area contributed by atoms with Gasteiger partial charge < -0.3 is 5.32 Å². The fourth-order valence-corrected chi connectivity index (χ4v) is 4.88. The number of piperidine rings is 1. The minimum atomic E-state index is -3.41. The summed E-state index contributed by atoms with van der Waals surface area (Å²) in [6, 6.07) is 0.0835. The molecule has 1 rings (SSSR count). The molecule has 1 saturated heterocycles. The molecule has 1 unspecified atom stereocenters. The van der Waals surface area contributed by atoms with E-state index in [1.54, 1.807) is 4.31 Å². The molecule has 1 atom stereocenters. The summed E-state index contributed by atoms with van der Waals surface area (Å²) in [6.07, 6.45) is 5.91. The van der Waals surface area contributed by atoms with Crippen LogP contribution >= 0.6 is 0 Å². The molecule has 0 spiro atoms. The monoisotopic (exact) mass is 319 g/mol. The Hall–Kier alpha value is -0.170. The van der Waals surface area contributed by atoms with Gasteiger partial charge in [-0.2, -0.15) is 17.4 Å². The standard InChI is InChI=1S/C15H33N3O2S/c1-5-10-15(3,4)17-21(19,20)18-12-8-7-9-14(18)13-16-11-6-2/h14,16-17H,5-13H2,1-4H3. The second kappa shape index (κ2) is 8.46. The maximum absolute atomic E-state index is 12.7. The van der Waals surface area contributed by atoms with Gasteiger partial charge in [0.05, 0.1) is 0 Å². The summed E-state index contributed by atoms with van der Waals surface area (Å²) in [5.74, 6) is 0. The highest BCUT2D eigenvalue weighted by molar-refractivity contribution is 7.87. The van der Waals surface area contributed by atoms with Gasteiger partial charge >= 0.3 is 0 Å². The zero-order chi connectivity index (χ0) is 15.9. The van der Waals surface area contributed by atoms with E-state index in [1.807, 2.05) is 13.8 Å². The molecule has 1 aliphatic heterocycles. The number of rotatable bonds is 9. The highest BCUT2D eigenvalue weighted by atomic mass is 32.2. The van der Waals surface area contributed by atoms with Crippen LogP contribution in [-0.2, 0) is 10.2 Å². The first-order valence-electron chi connectivity index (χ1n) is 8.34. The third-order valence-electron chi connectivity index (χ3n) is 3.97. The van der Waals surface area contributed by atoms with Gasteiger partial charge in [-0.3, -0.25) is 0 Å². The molecule has 0 aliphatic carbocycles. The first kappa shape index (κ1) is 18.9. The normalized spacial score (nSPS) is 21.6. The van der Waals surface area contributed by atoms with E-state index in [4.69, 9.17) is 0 Å². The Morgan fingerprint density at radius 3 is 2.52 bits per heavy atom. The Kier molecular flexibility index (Phi) is 7.60. The van der Waals surface area contributed by atoms with Crippen molar-refractivity contribution in [3.05, 3.63) is 0 Å². The molecule has 0 bridgehead atoms. The summed E-state index contributed by atoms with van der Waals surface area (Å²) in [4.78, 5) is 0. The molecule has 0 saturated carbocycles. The molecule has 1 aliphatic rings. The number of nitrogens with one attached hydrogen (secondary N) is 2. The maximum atomic E-state index is 12.7. The lowest BCUT2D eigenvalue weighted by Gasteiger charge is -2.37. The lowest BCUT2D eigenvalue weighted by Crippen LogP contribution is -2.56. The van der Waals surface area contributed by atoms with Crippen LogP contribution in [0.2, 0.25) is 0 Å². The van der Waals surface area contributed by atoms with Crippen LogP contribution in [0.5, 0.6) is 0 Å². The Balaban J connectivity index is 2.72. The van der Waals surface area contributed by atoms with Gasteiger partial charge in [0.1, 0.15) is 0 Å². The molecule has 126 valence electrons. The van der Waals surface area contributed by atoms with Crippen molar-refractivity contribution in [2.75, 3.05) is 19.6 Å². The molecule has 1 heterocycles. The zero-order valence-corrected chi connectivity index (χ0v) is 14.9. The first-order valence-corrected chi connectivity index (χ1v) is 9.78. The van der Waals surface area contributed by atoms with Crippen LogP contribution in [0.3, 0.4) is 0 Å². The van der Waals surface area contributed by atoms with E-state index in [9.17, 15) is 8.42 Å². The Bertz CT molecular complexity index is 396. The van der Waals surface area contributed by atoms with Gasteiger partial charge in [0, 0.05) is 24.7 Å². The molecule has 6 heteroatoms. The van der Waals surface area contributed by atoms with Gasteiger partial charge in [0.2, 0.25) is 0 Å². The summed E-state index contributed by atoms with van der Waals surface area (Å²) in [7, 11) is -3.41. The molecule has 21 heavy (non-hydrogen) atoms. The van der Waals surface area contributed by atoms with E-state index in [1.165, 1.54) is 0 Å². The fraction of sp³-hybridized carbons (Fsp3) is 1.00. The molecule has 0 radical (unpaired) electrons. The van der Waals surface area contributed by atoms with E-state index < -0.39 is 10.2 Å². The second-order valence-corrected chi connectivity index (χ2v) is 8.33. The number of nitrogens with zero attached hydrogens (tertiary/aromatic N) is 1. The topological polar surface area (TPSA) is 61.4 Å². The van der Waals surface area contributed by atoms with E-state index in [2.05, 4.69) is 23.9 Å². The van der Waals surface area contributed by atoms with Crippen molar-refractivity contribution in [3.63, 3.8) is 0 Å². The Morgan fingerprint density at radius 1 is 1.19 bits per heavy atom. The molecular weight excluding hydrogens is 286 g/mol. The number of hydrogen-bond donors (Lipinski definition) is 2. The highest BCUT2D eigenvalue weighted by Gasteiger charge is 2.35. The molecule has 2 N–H and O–H groups in total. The fourth-order valence-electron chi connectivity index (χ4n) is 3.02. The minimum Gasteiger partial charge on any atom is -0.315 e. The SMILES string of the molecule is CCCNCC1CCCCN1S(=O)(=O)NC(C)(C)CCC. The van der Waals surface area contributed by atoms with Crippen LogP contribution in [-0.4, -0.2) is 43.9 Å². The van der Waals surface area contributed by atoms with Crippen LogP contribution in [0.25, 0.3) is 0 Å². The summed E-state index contributed by atoms with van der Waals surface area (Å²) in [5, 5.41) is 3.36. The van der Waals surface area contributed by atoms with E-state index in [-0.39, 0.29) is 11.6 Å². The van der Waals surface area contributed by atoms with Crippen LogP contribution in [0.15, 0.2) is 0 Å². The van der Waals surface area contributed by atoms with Gasteiger partial charge in [0.25, 0.3) is 10.2 Å². The summed E-state index contributed by atoms with van der Waals surface area (Å²) >= 11 is 0. The minimum absolute atomic E-state index is 0.0835. The van der Waals surface area contributed by atoms with E-state index >= 15 is 0 Å². The number of hydrogen-bond acceptors (Lipinski definition) is 3. The lowest BCUT2D eigenvalue weighted by molar-refractivity contribution is 0.238. The predicted molar refractivity (Wildman–Crippen MR) is 88.5 cm³/mol. The van der Waals surface area contributed by atoms with Crippen molar-refractivity contribution in [1.29, 1.82) is 0 Å². The van der Waals surface area contributed by atoms with Crippen LogP contribution in [0.1, 0.15) is 66.2 Å². The second-order valence-electron chi connectivity index (χ2n) is 6.71. The van der Waals surface area contributed by atoms with Crippen molar-refractivity contribution >= 4 is 10.2 Å². The van der Waals surface area contributed by atoms with Gasteiger partial charge in [0.15, 0.2) is 0 Å². The van der Waals surface area contributed by atoms with Crippen molar-refractivity contribution < 1.29 is 8.42 Å². The molecule has 0 aromatic heterocycles. The summed E-state index contributed by atoms with van der Waals surface area (Å²) < 4.78 is 30.0. The average Bonchev–Trinajstić information content (AvgIpc) is 2.38. The molecule has 0 aromatic rings. The Labute approximate surface area is 131 Å². The molecule has 0 amide bonds. The predicted octanol–water partition coefficient (Wildman–Crippen LogP) is 2.25. The first-order chi connectivity index (χ1) is 9.82. The Morgan fingerprint density at radius 2 is 1.90 bits per heavy atom. The van der Waals surface area contributed by atoms with Crippen molar-refractivity contribution in [1.82, 2.24) is 14.3 Å². The quantitative estimate of drug-likeness (QED) is 0.641. The molecule has 5 nitrogen and oxygen atoms in total. The van der Waals surface area contributed by atoms with Gasteiger partial charge in [-0.25, -0.2) is 0 Å². The average molecular weight is 320 g/mol. The van der Waals surface area contributed by atoms with Crippen LogP contribution < -0.4 is 10.0 Å². The van der Waals surface area contributed by atoms with Gasteiger partial charge in [-0.1, -0.05) is 26.7 Å². The van der Waals surface area contributed by atoms with Gasteiger partial charge in [-0.15, -0.1) is 0 Å². The van der Waals surface area contributed by atoms with E-state index in [0.29, 0.717) is 6.54 Å². The smallest absolute Gasteiger partial charge is 0.280 e. The highest BCUT2D eigenvalue weighted by Crippen LogP contribution is 2.22. The van der Waals surface area contributed by atoms with Crippen molar-refractivity contribution in [2.45, 2.75) is 77.8 Å². The maximum Gasteiger partial charge on any atom is 0.280 e. The van der Waals surface area contributed by atoms with Crippen LogP contribution in [0, 0.1) is 0 Å². The molecule has 1 fully saturated rings. The van der Waals surface area contributed by atoms with Crippen LogP contribution in [0.4, 0.5) is 0 Å². The van der Waals surface area contributed by atoms with E-state index in [0.717, 1.165) is 51.6 Å². The lowest BCUT2D eigenvalue weighted by atomic mass is 10.0. The van der Waals surface area contributed by atoms with Crippen molar-refractivity contribution in [3.8, 4) is 0 Å².